The summed E-state index contributed by atoms with van der Waals surface area (Å²) in [6, 6.07) is 5.52. The zero-order valence-corrected chi connectivity index (χ0v) is 14.1. The van der Waals surface area contributed by atoms with Crippen molar-refractivity contribution in [3.63, 3.8) is 0 Å². The van der Waals surface area contributed by atoms with Gasteiger partial charge in [-0.2, -0.15) is 9.78 Å². The van der Waals surface area contributed by atoms with E-state index in [0.29, 0.717) is 10.9 Å². The van der Waals surface area contributed by atoms with Crippen molar-refractivity contribution >= 4 is 33.9 Å². The molecule has 0 aliphatic carbocycles. The first-order valence-corrected chi connectivity index (χ1v) is 7.96. The number of rotatable bonds is 4. The van der Waals surface area contributed by atoms with Crippen molar-refractivity contribution in [1.82, 2.24) is 14.9 Å². The van der Waals surface area contributed by atoms with E-state index in [1.807, 2.05) is 24.5 Å². The highest BCUT2D eigenvalue weighted by atomic mass is 79.9. The van der Waals surface area contributed by atoms with Crippen LogP contribution in [0.4, 0.5) is 0 Å². The average molecular weight is 369 g/mol. The summed E-state index contributed by atoms with van der Waals surface area (Å²) >= 11 is 4.72. The second-order valence-electron chi connectivity index (χ2n) is 4.03. The molecule has 0 atom stereocenters. The SMILES string of the molecule is COc1ccc(/C=N\n2c(SC)nnc(C)c2=O)cc1Br. The Hall–Kier alpha value is -1.67. The summed E-state index contributed by atoms with van der Waals surface area (Å²) in [5.41, 5.74) is 0.857. The van der Waals surface area contributed by atoms with Gasteiger partial charge in [0.1, 0.15) is 11.4 Å². The average Bonchev–Trinajstić information content (AvgIpc) is 2.49. The van der Waals surface area contributed by atoms with Gasteiger partial charge in [0.15, 0.2) is 0 Å². The molecule has 0 saturated carbocycles. The van der Waals surface area contributed by atoms with Crippen molar-refractivity contribution in [3.8, 4) is 5.75 Å². The molecule has 21 heavy (non-hydrogen) atoms. The summed E-state index contributed by atoms with van der Waals surface area (Å²) in [7, 11) is 1.60. The molecule has 0 N–H and O–H groups in total. The zero-order valence-electron chi connectivity index (χ0n) is 11.7. The quantitative estimate of drug-likeness (QED) is 0.611. The molecule has 110 valence electrons. The summed E-state index contributed by atoms with van der Waals surface area (Å²) < 4.78 is 7.22. The molecule has 0 amide bonds. The molecular formula is C13H13BrN4O2S. The lowest BCUT2D eigenvalue weighted by atomic mass is 10.2. The Morgan fingerprint density at radius 1 is 1.43 bits per heavy atom. The molecule has 0 fully saturated rings. The minimum Gasteiger partial charge on any atom is -0.496 e. The fraction of sp³-hybridized carbons (Fsp3) is 0.231. The van der Waals surface area contributed by atoms with Gasteiger partial charge in [-0.15, -0.1) is 10.2 Å². The van der Waals surface area contributed by atoms with Crippen LogP contribution in [0.2, 0.25) is 0 Å². The summed E-state index contributed by atoms with van der Waals surface area (Å²) in [5, 5.41) is 12.4. The van der Waals surface area contributed by atoms with Crippen molar-refractivity contribution in [2.45, 2.75) is 12.1 Å². The van der Waals surface area contributed by atoms with Gasteiger partial charge in [-0.05, 0) is 52.9 Å². The van der Waals surface area contributed by atoms with Gasteiger partial charge in [-0.25, -0.2) is 0 Å². The number of aryl methyl sites for hydroxylation is 1. The number of thioether (sulfide) groups is 1. The van der Waals surface area contributed by atoms with E-state index in [9.17, 15) is 4.79 Å². The normalized spacial score (nSPS) is 11.0. The second kappa shape index (κ2) is 6.86. The highest BCUT2D eigenvalue weighted by Crippen LogP contribution is 2.24. The molecule has 0 aliphatic rings. The monoisotopic (exact) mass is 368 g/mol. The van der Waals surface area contributed by atoms with E-state index in [0.717, 1.165) is 15.8 Å². The van der Waals surface area contributed by atoms with Gasteiger partial charge in [0, 0.05) is 0 Å². The minimum absolute atomic E-state index is 0.279. The molecule has 0 aliphatic heterocycles. The molecule has 0 spiro atoms. The van der Waals surface area contributed by atoms with E-state index in [4.69, 9.17) is 4.74 Å². The standard InChI is InChI=1S/C13H13BrN4O2S/c1-8-12(19)18(13(21-3)17-16-8)15-7-9-4-5-11(20-2)10(14)6-9/h4-7H,1-3H3/b15-7-. The number of hydrogen-bond donors (Lipinski definition) is 0. The van der Waals surface area contributed by atoms with Crippen molar-refractivity contribution in [3.05, 3.63) is 44.3 Å². The molecular weight excluding hydrogens is 356 g/mol. The van der Waals surface area contributed by atoms with Crippen LogP contribution in [0.5, 0.6) is 5.75 Å². The maximum absolute atomic E-state index is 12.0. The number of benzene rings is 1. The van der Waals surface area contributed by atoms with Crippen LogP contribution in [0.1, 0.15) is 11.3 Å². The van der Waals surface area contributed by atoms with E-state index < -0.39 is 0 Å². The van der Waals surface area contributed by atoms with Crippen LogP contribution in [0.3, 0.4) is 0 Å². The number of hydrogen-bond acceptors (Lipinski definition) is 6. The first-order valence-electron chi connectivity index (χ1n) is 5.95. The van der Waals surface area contributed by atoms with Crippen molar-refractivity contribution in [2.24, 2.45) is 5.10 Å². The van der Waals surface area contributed by atoms with E-state index in [1.165, 1.54) is 16.4 Å². The number of halogens is 1. The Kier molecular flexibility index (Phi) is 5.13. The van der Waals surface area contributed by atoms with Crippen LogP contribution < -0.4 is 10.3 Å². The Balaban J connectivity index is 2.40. The summed E-state index contributed by atoms with van der Waals surface area (Å²) in [6.07, 6.45) is 3.40. The Morgan fingerprint density at radius 2 is 2.19 bits per heavy atom. The molecule has 6 nitrogen and oxygen atoms in total. The fourth-order valence-electron chi connectivity index (χ4n) is 1.56. The summed E-state index contributed by atoms with van der Waals surface area (Å²) in [6.45, 7) is 1.61. The molecule has 0 bridgehead atoms. The molecule has 2 aromatic rings. The topological polar surface area (TPSA) is 69.4 Å². The Morgan fingerprint density at radius 3 is 2.81 bits per heavy atom. The highest BCUT2D eigenvalue weighted by molar-refractivity contribution is 9.10. The van der Waals surface area contributed by atoms with Gasteiger partial charge in [0.25, 0.3) is 5.56 Å². The van der Waals surface area contributed by atoms with Crippen LogP contribution in [0.25, 0.3) is 0 Å². The third kappa shape index (κ3) is 3.51. The van der Waals surface area contributed by atoms with Crippen LogP contribution in [0.15, 0.2) is 37.7 Å². The van der Waals surface area contributed by atoms with Gasteiger partial charge >= 0.3 is 0 Å². The number of nitrogens with zero attached hydrogens (tertiary/aromatic N) is 4. The predicted octanol–water partition coefficient (Wildman–Crippen LogP) is 2.32. The third-order valence-electron chi connectivity index (χ3n) is 2.65. The van der Waals surface area contributed by atoms with Gasteiger partial charge in [-0.3, -0.25) is 4.79 Å². The zero-order chi connectivity index (χ0) is 15.4. The van der Waals surface area contributed by atoms with Crippen LogP contribution in [0, 0.1) is 6.92 Å². The molecule has 0 radical (unpaired) electrons. The third-order valence-corrected chi connectivity index (χ3v) is 3.89. The van der Waals surface area contributed by atoms with Crippen molar-refractivity contribution in [2.75, 3.05) is 13.4 Å². The number of ether oxygens (including phenoxy) is 1. The predicted molar refractivity (Wildman–Crippen MR) is 86.5 cm³/mol. The molecule has 0 unspecified atom stereocenters. The molecule has 8 heteroatoms. The fourth-order valence-corrected chi connectivity index (χ4v) is 2.54. The summed E-state index contributed by atoms with van der Waals surface area (Å²) in [4.78, 5) is 12.0. The number of methoxy groups -OCH3 is 1. The first-order chi connectivity index (χ1) is 10.1. The lowest BCUT2D eigenvalue weighted by molar-refractivity contribution is 0.412. The Labute approximate surface area is 134 Å². The molecule has 2 rings (SSSR count). The lowest BCUT2D eigenvalue weighted by Crippen LogP contribution is -2.23. The largest absolute Gasteiger partial charge is 0.496 e. The van der Waals surface area contributed by atoms with Crippen LogP contribution >= 0.6 is 27.7 Å². The molecule has 1 heterocycles. The molecule has 1 aromatic carbocycles. The smallest absolute Gasteiger partial charge is 0.296 e. The summed E-state index contributed by atoms with van der Waals surface area (Å²) in [5.74, 6) is 0.732. The van der Waals surface area contributed by atoms with Crippen molar-refractivity contribution in [1.29, 1.82) is 0 Å². The minimum atomic E-state index is -0.279. The second-order valence-corrected chi connectivity index (χ2v) is 5.66. The van der Waals surface area contributed by atoms with Gasteiger partial charge in [0.05, 0.1) is 17.8 Å². The van der Waals surface area contributed by atoms with E-state index >= 15 is 0 Å². The van der Waals surface area contributed by atoms with Gasteiger partial charge in [-0.1, -0.05) is 11.8 Å². The van der Waals surface area contributed by atoms with Crippen molar-refractivity contribution < 1.29 is 4.74 Å². The maximum atomic E-state index is 12.0. The Bertz CT molecular complexity index is 745. The maximum Gasteiger partial charge on any atom is 0.296 e. The number of aromatic nitrogens is 3. The van der Waals surface area contributed by atoms with E-state index in [1.54, 1.807) is 20.2 Å². The van der Waals surface area contributed by atoms with E-state index in [2.05, 4.69) is 31.2 Å². The highest BCUT2D eigenvalue weighted by Gasteiger charge is 2.07. The molecule has 0 saturated heterocycles. The lowest BCUT2D eigenvalue weighted by Gasteiger charge is -2.05. The first kappa shape index (κ1) is 15.7. The van der Waals surface area contributed by atoms with Crippen LogP contribution in [-0.2, 0) is 0 Å². The van der Waals surface area contributed by atoms with Gasteiger partial charge < -0.3 is 4.74 Å². The van der Waals surface area contributed by atoms with Crippen LogP contribution in [-0.4, -0.2) is 34.5 Å². The van der Waals surface area contributed by atoms with E-state index in [-0.39, 0.29) is 5.56 Å². The molecule has 1 aromatic heterocycles. The van der Waals surface area contributed by atoms with Gasteiger partial charge in [0.2, 0.25) is 5.16 Å².